The van der Waals surface area contributed by atoms with Gasteiger partial charge in [0.05, 0.1) is 0 Å². The molecule has 0 radical (unpaired) electrons. The monoisotopic (exact) mass is 766 g/mol. The van der Waals surface area contributed by atoms with Gasteiger partial charge in [-0.2, -0.15) is 0 Å². The van der Waals surface area contributed by atoms with E-state index in [1.807, 2.05) is 0 Å². The Bertz CT molecular complexity index is 1350. The van der Waals surface area contributed by atoms with Crippen molar-refractivity contribution in [3.63, 3.8) is 0 Å². The van der Waals surface area contributed by atoms with Gasteiger partial charge in [-0.05, 0) is 107 Å². The molecule has 0 bridgehead atoms. The molecule has 0 aliphatic rings. The van der Waals surface area contributed by atoms with Gasteiger partial charge in [0, 0.05) is 16.5 Å². The minimum Gasteiger partial charge on any atom is -0.808 e. The Balaban J connectivity index is 0.000000922. The third-order valence-electron chi connectivity index (χ3n) is 9.26. The van der Waals surface area contributed by atoms with Gasteiger partial charge in [0.1, 0.15) is 10.7 Å². The number of hydrogen-bond acceptors (Lipinski definition) is 8. The van der Waals surface area contributed by atoms with Crippen LogP contribution in [0.1, 0.15) is 168 Å². The third-order valence-corrected chi connectivity index (χ3v) is 12.2. The molecule has 0 aliphatic carbocycles. The van der Waals surface area contributed by atoms with E-state index < -0.39 is 25.9 Å². The minimum atomic E-state index is -5.22. The van der Waals surface area contributed by atoms with E-state index in [9.17, 15) is 38.9 Å². The maximum atomic E-state index is 11.8. The van der Waals surface area contributed by atoms with Crippen LogP contribution in [-0.4, -0.2) is 10.2 Å². The summed E-state index contributed by atoms with van der Waals surface area (Å²) in [6.45, 7) is 31.8. The Kier molecular flexibility index (Phi) is 15.8. The van der Waals surface area contributed by atoms with Gasteiger partial charge < -0.3 is 38.9 Å². The van der Waals surface area contributed by atoms with Crippen molar-refractivity contribution in [1.29, 1.82) is 0 Å². The molecule has 8 nitrogen and oxygen atoms in total. The van der Waals surface area contributed by atoms with Crippen LogP contribution in [0, 0.1) is 0 Å². The maximum absolute atomic E-state index is 11.8. The van der Waals surface area contributed by atoms with Gasteiger partial charge in [0.25, 0.3) is 0 Å². The van der Waals surface area contributed by atoms with Crippen LogP contribution in [0.25, 0.3) is 0 Å². The minimum absolute atomic E-state index is 0. The van der Waals surface area contributed by atoms with E-state index in [0.29, 0.717) is 0 Å². The van der Waals surface area contributed by atoms with Gasteiger partial charge in [-0.15, -0.1) is 0 Å². The molecule has 49 heavy (non-hydrogen) atoms. The van der Waals surface area contributed by atoms with Crippen LogP contribution in [0.4, 0.5) is 0 Å². The zero-order chi connectivity index (χ0) is 38.3. The SMILES string of the molecule is CCc1c(C(C)(C)C)cc(C(O)(CC)P(=O)([O-])[O-])cc1C(C)(C)C.CCc1c(C(C)(C)C)cc(C(O)(CC)P(=O)([O-])[O-])cc1C(C)(C)C.[Ni]. The molecule has 2 atom stereocenters. The van der Waals surface area contributed by atoms with Crippen molar-refractivity contribution in [3.05, 3.63) is 68.8 Å². The predicted molar refractivity (Wildman–Crippen MR) is 190 cm³/mol. The maximum Gasteiger partial charge on any atom is 0.116 e. The molecule has 2 aromatic rings. The third kappa shape index (κ3) is 10.6. The molecule has 2 aromatic carbocycles. The summed E-state index contributed by atoms with van der Waals surface area (Å²) in [4.78, 5) is 47.1. The summed E-state index contributed by atoms with van der Waals surface area (Å²) < 4.78 is 23.6. The van der Waals surface area contributed by atoms with E-state index in [0.717, 1.165) is 46.2 Å². The molecule has 0 saturated heterocycles. The second-order valence-corrected chi connectivity index (χ2v) is 20.6. The van der Waals surface area contributed by atoms with Gasteiger partial charge in [-0.3, -0.25) is 0 Å². The summed E-state index contributed by atoms with van der Waals surface area (Å²) in [5.41, 5.74) is 5.68. The second kappa shape index (κ2) is 16.0. The van der Waals surface area contributed by atoms with Gasteiger partial charge >= 0.3 is 0 Å². The van der Waals surface area contributed by atoms with Crippen molar-refractivity contribution >= 4 is 15.2 Å². The van der Waals surface area contributed by atoms with Gasteiger partial charge in [0.2, 0.25) is 0 Å². The van der Waals surface area contributed by atoms with E-state index >= 15 is 0 Å². The molecule has 2 N–H and O–H groups in total. The predicted octanol–water partition coefficient (Wildman–Crippen LogP) is 6.62. The van der Waals surface area contributed by atoms with E-state index in [-0.39, 0.29) is 62.1 Å². The molecule has 0 aliphatic heterocycles. The average molecular weight is 768 g/mol. The standard InChI is InChI=1S/2C19H33O4P.Ni/c2*1-9-14-15(17(3,4)5)11-13(12-16(14)18(6,7)8)19(20,10-2)24(21,22)23;/h2*11-12,20H,9-10H2,1-8H3,(H2,21,22,23);/p-4. The molecule has 0 spiro atoms. The topological polar surface area (TPSA) is 167 Å². The fourth-order valence-corrected chi connectivity index (χ4v) is 8.02. The van der Waals surface area contributed by atoms with Crippen molar-refractivity contribution in [3.8, 4) is 0 Å². The average Bonchev–Trinajstić information content (AvgIpc) is 2.91. The van der Waals surface area contributed by atoms with Crippen LogP contribution in [0.15, 0.2) is 24.3 Å². The quantitative estimate of drug-likeness (QED) is 0.223. The zero-order valence-electron chi connectivity index (χ0n) is 32.7. The summed E-state index contributed by atoms with van der Waals surface area (Å²) in [7, 11) is -10.4. The molecular weight excluding hydrogens is 705 g/mol. The number of hydrogen-bond donors (Lipinski definition) is 2. The first-order valence-electron chi connectivity index (χ1n) is 17.0. The fourth-order valence-electron chi connectivity index (χ4n) is 6.36. The Hall–Kier alpha value is -0.846. The smallest absolute Gasteiger partial charge is 0.116 e. The van der Waals surface area contributed by atoms with Crippen molar-refractivity contribution in [2.45, 2.75) is 169 Å². The second-order valence-electron chi connectivity index (χ2n) is 17.1. The fraction of sp³-hybridized carbons (Fsp3) is 0.684. The number of aliphatic hydroxyl groups is 2. The first-order chi connectivity index (χ1) is 21.2. The van der Waals surface area contributed by atoms with Crippen molar-refractivity contribution in [1.82, 2.24) is 0 Å². The zero-order valence-corrected chi connectivity index (χ0v) is 35.5. The van der Waals surface area contributed by atoms with Gasteiger partial charge in [-0.1, -0.05) is 135 Å². The molecule has 0 saturated carbocycles. The van der Waals surface area contributed by atoms with E-state index in [2.05, 4.69) is 96.9 Å². The molecule has 0 amide bonds. The summed E-state index contributed by atoms with van der Waals surface area (Å²) in [6, 6.07) is 6.83. The first-order valence-corrected chi connectivity index (χ1v) is 20.1. The Morgan fingerprint density at radius 3 is 0.776 bits per heavy atom. The summed E-state index contributed by atoms with van der Waals surface area (Å²) in [5.74, 6) is 0. The first kappa shape index (κ1) is 48.2. The molecule has 0 heterocycles. The Labute approximate surface area is 307 Å². The number of benzene rings is 2. The summed E-state index contributed by atoms with van der Waals surface area (Å²) in [6.07, 6.45) is 1.26. The molecule has 2 unspecified atom stereocenters. The van der Waals surface area contributed by atoms with Crippen LogP contribution >= 0.6 is 15.2 Å². The largest absolute Gasteiger partial charge is 0.808 e. The van der Waals surface area contributed by atoms with Crippen LogP contribution in [-0.2, 0) is 70.8 Å². The summed E-state index contributed by atoms with van der Waals surface area (Å²) >= 11 is 0. The van der Waals surface area contributed by atoms with E-state index in [4.69, 9.17) is 0 Å². The normalized spacial score (nSPS) is 15.8. The molecule has 11 heteroatoms. The Morgan fingerprint density at radius 2 is 0.673 bits per heavy atom. The van der Waals surface area contributed by atoms with Crippen molar-refractivity contribution < 1.29 is 55.4 Å². The van der Waals surface area contributed by atoms with Crippen molar-refractivity contribution in [2.75, 3.05) is 0 Å². The van der Waals surface area contributed by atoms with Gasteiger partial charge in [-0.25, -0.2) is 0 Å². The summed E-state index contributed by atoms with van der Waals surface area (Å²) in [5, 5.41) is 16.6. The van der Waals surface area contributed by atoms with Crippen LogP contribution in [0.5, 0.6) is 0 Å². The Morgan fingerprint density at radius 1 is 0.490 bits per heavy atom. The van der Waals surface area contributed by atoms with Crippen LogP contribution in [0.2, 0.25) is 0 Å². The van der Waals surface area contributed by atoms with Gasteiger partial charge in [0.15, 0.2) is 0 Å². The van der Waals surface area contributed by atoms with Crippen LogP contribution < -0.4 is 19.6 Å². The number of rotatable bonds is 8. The van der Waals surface area contributed by atoms with Crippen LogP contribution in [0.3, 0.4) is 0 Å². The molecule has 286 valence electrons. The van der Waals surface area contributed by atoms with E-state index in [1.165, 1.54) is 13.8 Å². The molecular formula is C38H62NiO8P2-4. The molecule has 0 aromatic heterocycles. The molecule has 2 rings (SSSR count). The van der Waals surface area contributed by atoms with Crippen molar-refractivity contribution in [2.24, 2.45) is 0 Å². The molecule has 0 fully saturated rings. The van der Waals surface area contributed by atoms with E-state index in [1.54, 1.807) is 24.3 Å².